The van der Waals surface area contributed by atoms with Gasteiger partial charge in [-0.3, -0.25) is 14.5 Å². The van der Waals surface area contributed by atoms with Gasteiger partial charge >= 0.3 is 0 Å². The topological polar surface area (TPSA) is 49.4 Å². The van der Waals surface area contributed by atoms with Crippen molar-refractivity contribution in [3.63, 3.8) is 0 Å². The molecule has 1 heterocycles. The van der Waals surface area contributed by atoms with Crippen LogP contribution in [0.15, 0.2) is 54.7 Å². The number of anilines is 1. The van der Waals surface area contributed by atoms with Gasteiger partial charge in [-0.25, -0.2) is 0 Å². The zero-order chi connectivity index (χ0) is 15.7. The predicted octanol–water partition coefficient (Wildman–Crippen LogP) is 3.06. The molecule has 0 bridgehead atoms. The molecule has 1 aliphatic heterocycles. The summed E-state index contributed by atoms with van der Waals surface area (Å²) < 4.78 is 0. The van der Waals surface area contributed by atoms with Gasteiger partial charge in [-0.15, -0.1) is 0 Å². The average molecular weight is 292 g/mol. The van der Waals surface area contributed by atoms with Crippen LogP contribution in [0.2, 0.25) is 0 Å². The first-order chi connectivity index (χ1) is 10.6. The molecule has 0 aliphatic carbocycles. The van der Waals surface area contributed by atoms with Gasteiger partial charge in [-0.2, -0.15) is 0 Å². The van der Waals surface area contributed by atoms with Crippen molar-refractivity contribution in [2.24, 2.45) is 0 Å². The van der Waals surface area contributed by atoms with Crippen molar-refractivity contribution in [1.82, 2.24) is 4.90 Å². The highest BCUT2D eigenvalue weighted by atomic mass is 16.2. The Hall–Kier alpha value is -2.88. The first kappa shape index (κ1) is 14.1. The minimum atomic E-state index is -0.301. The van der Waals surface area contributed by atoms with Gasteiger partial charge in [0.25, 0.3) is 11.8 Å². The third kappa shape index (κ3) is 2.29. The lowest BCUT2D eigenvalue weighted by Gasteiger charge is -2.25. The Bertz CT molecular complexity index is 793. The van der Waals surface area contributed by atoms with Crippen molar-refractivity contribution in [2.75, 3.05) is 12.4 Å². The molecule has 0 atom stereocenters. The summed E-state index contributed by atoms with van der Waals surface area (Å²) in [4.78, 5) is 25.7. The standard InChI is InChI=1S/C18H16N2O2/c1-12-7-3-6-10-16(12)19-11-15-13-8-4-5-9-14(13)17(21)20(2)18(15)22/h3-11,19H,1-2H3. The number of nitrogens with one attached hydrogen (secondary N) is 1. The summed E-state index contributed by atoms with van der Waals surface area (Å²) >= 11 is 0. The highest BCUT2D eigenvalue weighted by Gasteiger charge is 2.31. The van der Waals surface area contributed by atoms with Crippen molar-refractivity contribution in [3.05, 3.63) is 71.4 Å². The summed E-state index contributed by atoms with van der Waals surface area (Å²) in [7, 11) is 1.50. The van der Waals surface area contributed by atoms with Crippen LogP contribution in [0.25, 0.3) is 5.57 Å². The van der Waals surface area contributed by atoms with E-state index in [9.17, 15) is 9.59 Å². The highest BCUT2D eigenvalue weighted by Crippen LogP contribution is 2.28. The summed E-state index contributed by atoms with van der Waals surface area (Å²) in [5, 5.41) is 3.17. The van der Waals surface area contributed by atoms with E-state index in [1.165, 1.54) is 7.05 Å². The number of fused-ring (bicyclic) bond motifs is 1. The van der Waals surface area contributed by atoms with E-state index in [1.54, 1.807) is 24.4 Å². The number of amides is 2. The van der Waals surface area contributed by atoms with E-state index in [1.807, 2.05) is 37.3 Å². The van der Waals surface area contributed by atoms with Crippen molar-refractivity contribution >= 4 is 23.1 Å². The largest absolute Gasteiger partial charge is 0.361 e. The van der Waals surface area contributed by atoms with E-state index < -0.39 is 0 Å². The normalized spacial score (nSPS) is 15.9. The second-order valence-electron chi connectivity index (χ2n) is 5.23. The van der Waals surface area contributed by atoms with E-state index in [4.69, 9.17) is 0 Å². The van der Waals surface area contributed by atoms with Gasteiger partial charge in [0.1, 0.15) is 0 Å². The molecular weight excluding hydrogens is 276 g/mol. The molecule has 22 heavy (non-hydrogen) atoms. The minimum Gasteiger partial charge on any atom is -0.361 e. The lowest BCUT2D eigenvalue weighted by Crippen LogP contribution is -2.38. The quantitative estimate of drug-likeness (QED) is 0.683. The summed E-state index contributed by atoms with van der Waals surface area (Å²) in [5.41, 5.74) is 3.71. The Morgan fingerprint density at radius 1 is 0.909 bits per heavy atom. The number of hydrogen-bond acceptors (Lipinski definition) is 3. The van der Waals surface area contributed by atoms with Gasteiger partial charge in [0.2, 0.25) is 0 Å². The second kappa shape index (κ2) is 5.48. The molecule has 3 rings (SSSR count). The second-order valence-corrected chi connectivity index (χ2v) is 5.23. The number of aryl methyl sites for hydroxylation is 1. The van der Waals surface area contributed by atoms with Crippen LogP contribution >= 0.6 is 0 Å². The molecule has 0 fully saturated rings. The molecule has 0 radical (unpaired) electrons. The summed E-state index contributed by atoms with van der Waals surface area (Å²) in [6, 6.07) is 15.0. The molecule has 0 spiro atoms. The summed E-state index contributed by atoms with van der Waals surface area (Å²) in [6.45, 7) is 1.99. The van der Waals surface area contributed by atoms with E-state index in [0.717, 1.165) is 16.2 Å². The maximum atomic E-state index is 12.4. The van der Waals surface area contributed by atoms with Gasteiger partial charge in [-0.1, -0.05) is 36.4 Å². The fourth-order valence-electron chi connectivity index (χ4n) is 2.50. The van der Waals surface area contributed by atoms with Crippen molar-refractivity contribution in [3.8, 4) is 0 Å². The molecule has 4 heteroatoms. The number of benzene rings is 2. The molecule has 1 aliphatic rings. The molecule has 4 nitrogen and oxygen atoms in total. The first-order valence-electron chi connectivity index (χ1n) is 7.03. The Kier molecular flexibility index (Phi) is 3.51. The van der Waals surface area contributed by atoms with E-state index in [2.05, 4.69) is 5.32 Å². The van der Waals surface area contributed by atoms with Gasteiger partial charge < -0.3 is 5.32 Å². The molecule has 2 amide bonds. The number of nitrogens with zero attached hydrogens (tertiary/aromatic N) is 1. The Morgan fingerprint density at radius 3 is 2.27 bits per heavy atom. The molecule has 0 unspecified atom stereocenters. The fraction of sp³-hybridized carbons (Fsp3) is 0.111. The number of likely N-dealkylation sites (N-methyl/N-ethyl adjacent to an activating group) is 1. The number of rotatable bonds is 2. The lowest BCUT2D eigenvalue weighted by atomic mass is 9.94. The van der Waals surface area contributed by atoms with Crippen LogP contribution in [-0.2, 0) is 4.79 Å². The Labute approximate surface area is 129 Å². The number of para-hydroxylation sites is 1. The zero-order valence-electron chi connectivity index (χ0n) is 12.5. The van der Waals surface area contributed by atoms with Crippen molar-refractivity contribution in [2.45, 2.75) is 6.92 Å². The van der Waals surface area contributed by atoms with Gasteiger partial charge in [0.15, 0.2) is 0 Å². The first-order valence-corrected chi connectivity index (χ1v) is 7.03. The molecule has 0 saturated heterocycles. The van der Waals surface area contributed by atoms with Crippen molar-refractivity contribution in [1.29, 1.82) is 0 Å². The third-order valence-corrected chi connectivity index (χ3v) is 3.80. The van der Waals surface area contributed by atoms with E-state index in [0.29, 0.717) is 16.7 Å². The van der Waals surface area contributed by atoms with Crippen LogP contribution in [0, 0.1) is 6.92 Å². The maximum absolute atomic E-state index is 12.4. The minimum absolute atomic E-state index is 0.270. The van der Waals surface area contributed by atoms with Crippen LogP contribution < -0.4 is 5.32 Å². The maximum Gasteiger partial charge on any atom is 0.262 e. The Balaban J connectivity index is 2.04. The van der Waals surface area contributed by atoms with Crippen molar-refractivity contribution < 1.29 is 9.59 Å². The third-order valence-electron chi connectivity index (χ3n) is 3.80. The fourth-order valence-corrected chi connectivity index (χ4v) is 2.50. The van der Waals surface area contributed by atoms with E-state index >= 15 is 0 Å². The smallest absolute Gasteiger partial charge is 0.262 e. The lowest BCUT2D eigenvalue weighted by molar-refractivity contribution is -0.121. The SMILES string of the molecule is Cc1ccccc1NC=C1C(=O)N(C)C(=O)c2ccccc21. The molecule has 0 aromatic heterocycles. The highest BCUT2D eigenvalue weighted by molar-refractivity contribution is 6.30. The average Bonchev–Trinajstić information content (AvgIpc) is 2.54. The van der Waals surface area contributed by atoms with Crippen LogP contribution in [0.3, 0.4) is 0 Å². The molecular formula is C18H16N2O2. The molecule has 0 saturated carbocycles. The summed E-state index contributed by atoms with van der Waals surface area (Å²) in [6.07, 6.45) is 1.67. The zero-order valence-corrected chi connectivity index (χ0v) is 12.5. The van der Waals surface area contributed by atoms with Gasteiger partial charge in [0, 0.05) is 30.1 Å². The van der Waals surface area contributed by atoms with Gasteiger partial charge in [0.05, 0.1) is 5.57 Å². The number of carbonyl (C=O) groups is 2. The number of carbonyl (C=O) groups excluding carboxylic acids is 2. The molecule has 2 aromatic carbocycles. The molecule has 1 N–H and O–H groups in total. The van der Waals surface area contributed by atoms with E-state index in [-0.39, 0.29) is 11.8 Å². The van der Waals surface area contributed by atoms with Crippen LogP contribution in [0.4, 0.5) is 5.69 Å². The molecule has 2 aromatic rings. The van der Waals surface area contributed by atoms with Crippen LogP contribution in [0.1, 0.15) is 21.5 Å². The Morgan fingerprint density at radius 2 is 1.55 bits per heavy atom. The monoisotopic (exact) mass is 292 g/mol. The van der Waals surface area contributed by atoms with Crippen LogP contribution in [-0.4, -0.2) is 23.8 Å². The predicted molar refractivity (Wildman–Crippen MR) is 86.3 cm³/mol. The summed E-state index contributed by atoms with van der Waals surface area (Å²) in [5.74, 6) is -0.571. The van der Waals surface area contributed by atoms with Crippen LogP contribution in [0.5, 0.6) is 0 Å². The number of hydrogen-bond donors (Lipinski definition) is 1. The van der Waals surface area contributed by atoms with Gasteiger partial charge in [-0.05, 0) is 24.6 Å². The molecule has 110 valence electrons. The number of imide groups is 1.